The summed E-state index contributed by atoms with van der Waals surface area (Å²) in [5.74, 6) is 2.23. The van der Waals surface area contributed by atoms with Gasteiger partial charge in [0.05, 0.1) is 11.4 Å². The van der Waals surface area contributed by atoms with E-state index in [0.29, 0.717) is 0 Å². The zero-order valence-corrected chi connectivity index (χ0v) is 10.7. The van der Waals surface area contributed by atoms with E-state index in [1.54, 1.807) is 0 Å². The smallest absolute Gasteiger partial charge is 0.115 e. The number of rotatable bonds is 0. The average molecular weight is 247 g/mol. The van der Waals surface area contributed by atoms with Gasteiger partial charge >= 0.3 is 0 Å². The van der Waals surface area contributed by atoms with Crippen molar-refractivity contribution in [2.24, 2.45) is 4.99 Å². The Morgan fingerprint density at radius 1 is 1.18 bits per heavy atom. The summed E-state index contributed by atoms with van der Waals surface area (Å²) < 4.78 is 0. The molecule has 0 saturated carbocycles. The molecule has 0 aromatic heterocycles. The number of nitrogens with two attached hydrogens (primary N) is 1. The zero-order valence-electron chi connectivity index (χ0n) is 9.85. The number of benzene rings is 1. The maximum atomic E-state index is 5.79. The number of anilines is 1. The van der Waals surface area contributed by atoms with Crippen LogP contribution >= 0.6 is 11.8 Å². The van der Waals surface area contributed by atoms with Crippen molar-refractivity contribution < 1.29 is 0 Å². The summed E-state index contributed by atoms with van der Waals surface area (Å²) in [5.41, 5.74) is 7.69. The summed E-state index contributed by atoms with van der Waals surface area (Å²) in [4.78, 5) is 8.43. The molecular weight excluding hydrogens is 230 g/mol. The minimum absolute atomic E-state index is 0.827. The van der Waals surface area contributed by atoms with E-state index < -0.39 is 0 Å². The summed E-state index contributed by atoms with van der Waals surface area (Å²) in [6.45, 7) is 2.34. The lowest BCUT2D eigenvalue weighted by molar-refractivity contribution is 0.341. The quantitative estimate of drug-likeness (QED) is 0.717. The third-order valence-electron chi connectivity index (χ3n) is 3.31. The number of nitrogen functional groups attached to an aromatic ring is 1. The Kier molecular flexibility index (Phi) is 2.97. The molecule has 0 amide bonds. The number of nitrogens with zero attached hydrogens (tertiary/aromatic N) is 2. The lowest BCUT2D eigenvalue weighted by atomic mass is 10.1. The van der Waals surface area contributed by atoms with Crippen LogP contribution in [0.4, 0.5) is 11.4 Å². The van der Waals surface area contributed by atoms with Gasteiger partial charge < -0.3 is 10.6 Å². The molecule has 2 aliphatic rings. The van der Waals surface area contributed by atoms with Gasteiger partial charge in [0.25, 0.3) is 0 Å². The van der Waals surface area contributed by atoms with Crippen molar-refractivity contribution in [1.29, 1.82) is 0 Å². The number of thioether (sulfide) groups is 1. The predicted molar refractivity (Wildman–Crippen MR) is 74.1 cm³/mol. The Morgan fingerprint density at radius 2 is 2.00 bits per heavy atom. The number of likely N-dealkylation sites (tertiary alicyclic amines) is 1. The van der Waals surface area contributed by atoms with E-state index in [2.05, 4.69) is 4.90 Å². The largest absolute Gasteiger partial charge is 0.399 e. The second-order valence-electron chi connectivity index (χ2n) is 4.59. The molecule has 0 unspecified atom stereocenters. The van der Waals surface area contributed by atoms with E-state index in [9.17, 15) is 0 Å². The van der Waals surface area contributed by atoms with Crippen LogP contribution in [0.2, 0.25) is 0 Å². The summed E-state index contributed by atoms with van der Waals surface area (Å²) in [6, 6.07) is 5.99. The molecule has 3 rings (SSSR count). The number of aliphatic imine (C=N–C) groups is 1. The molecule has 0 aliphatic carbocycles. The first-order valence-corrected chi connectivity index (χ1v) is 7.16. The fourth-order valence-corrected chi connectivity index (χ4v) is 3.38. The lowest BCUT2D eigenvalue weighted by Gasteiger charge is -2.31. The van der Waals surface area contributed by atoms with E-state index in [0.717, 1.165) is 17.1 Å². The van der Waals surface area contributed by atoms with Gasteiger partial charge in [0.1, 0.15) is 5.84 Å². The van der Waals surface area contributed by atoms with Crippen LogP contribution in [0.15, 0.2) is 28.1 Å². The van der Waals surface area contributed by atoms with E-state index in [1.165, 1.54) is 43.1 Å². The zero-order chi connectivity index (χ0) is 11.7. The SMILES string of the molecule is Nc1ccc2c(c1)SCC(N1CCCCC1)=N2. The van der Waals surface area contributed by atoms with Crippen molar-refractivity contribution in [3.05, 3.63) is 18.2 Å². The van der Waals surface area contributed by atoms with Crippen molar-refractivity contribution in [2.45, 2.75) is 24.2 Å². The van der Waals surface area contributed by atoms with E-state index in [4.69, 9.17) is 10.7 Å². The fraction of sp³-hybridized carbons (Fsp3) is 0.462. The van der Waals surface area contributed by atoms with Gasteiger partial charge in [0.15, 0.2) is 0 Å². The number of hydrogen-bond acceptors (Lipinski definition) is 4. The van der Waals surface area contributed by atoms with Gasteiger partial charge in [0.2, 0.25) is 0 Å². The molecule has 0 spiro atoms. The molecule has 2 aliphatic heterocycles. The third kappa shape index (κ3) is 2.27. The molecule has 0 bridgehead atoms. The minimum Gasteiger partial charge on any atom is -0.399 e. The summed E-state index contributed by atoms with van der Waals surface area (Å²) in [5, 5.41) is 0. The maximum absolute atomic E-state index is 5.79. The highest BCUT2D eigenvalue weighted by atomic mass is 32.2. The number of piperidine rings is 1. The Morgan fingerprint density at radius 3 is 2.82 bits per heavy atom. The van der Waals surface area contributed by atoms with E-state index >= 15 is 0 Å². The molecule has 1 saturated heterocycles. The molecule has 2 N–H and O–H groups in total. The number of hydrogen-bond donors (Lipinski definition) is 1. The lowest BCUT2D eigenvalue weighted by Crippen LogP contribution is -2.37. The molecule has 17 heavy (non-hydrogen) atoms. The van der Waals surface area contributed by atoms with Gasteiger partial charge in [0, 0.05) is 23.7 Å². The van der Waals surface area contributed by atoms with Crippen molar-refractivity contribution >= 4 is 29.0 Å². The van der Waals surface area contributed by atoms with Gasteiger partial charge in [-0.05, 0) is 37.5 Å². The fourth-order valence-electron chi connectivity index (χ4n) is 2.37. The molecule has 0 radical (unpaired) electrons. The minimum atomic E-state index is 0.827. The summed E-state index contributed by atoms with van der Waals surface area (Å²) in [6.07, 6.45) is 3.97. The normalized spacial score (nSPS) is 19.8. The molecule has 2 heterocycles. The topological polar surface area (TPSA) is 41.6 Å². The molecule has 1 aromatic carbocycles. The third-order valence-corrected chi connectivity index (χ3v) is 4.35. The Bertz CT molecular complexity index is 450. The molecule has 0 atom stereocenters. The standard InChI is InChI=1S/C13H17N3S/c14-10-4-5-11-12(8-10)17-9-13(15-11)16-6-2-1-3-7-16/h4-5,8H,1-3,6-7,9,14H2. The Hall–Kier alpha value is -1.16. The first-order chi connectivity index (χ1) is 8.33. The molecule has 90 valence electrons. The van der Waals surface area contributed by atoms with Crippen LogP contribution in [0.5, 0.6) is 0 Å². The molecule has 1 fully saturated rings. The van der Waals surface area contributed by atoms with Gasteiger partial charge in [-0.25, -0.2) is 4.99 Å². The molecule has 3 nitrogen and oxygen atoms in total. The Labute approximate surface area is 106 Å². The highest BCUT2D eigenvalue weighted by Crippen LogP contribution is 2.36. The predicted octanol–water partition coefficient (Wildman–Crippen LogP) is 2.89. The summed E-state index contributed by atoms with van der Waals surface area (Å²) in [7, 11) is 0. The molecule has 1 aromatic rings. The van der Waals surface area contributed by atoms with Crippen LogP contribution in [0.3, 0.4) is 0 Å². The summed E-state index contributed by atoms with van der Waals surface area (Å²) >= 11 is 1.85. The molecule has 4 heteroatoms. The first-order valence-electron chi connectivity index (χ1n) is 6.18. The van der Waals surface area contributed by atoms with Gasteiger partial charge in [-0.1, -0.05) is 0 Å². The van der Waals surface area contributed by atoms with Crippen molar-refractivity contribution in [1.82, 2.24) is 4.90 Å². The highest BCUT2D eigenvalue weighted by molar-refractivity contribution is 8.00. The van der Waals surface area contributed by atoms with Crippen LogP contribution in [0, 0.1) is 0 Å². The van der Waals surface area contributed by atoms with E-state index in [-0.39, 0.29) is 0 Å². The first kappa shape index (κ1) is 11.0. The van der Waals surface area contributed by atoms with Crippen LogP contribution in [-0.2, 0) is 0 Å². The second kappa shape index (κ2) is 4.61. The van der Waals surface area contributed by atoms with Gasteiger partial charge in [-0.2, -0.15) is 0 Å². The van der Waals surface area contributed by atoms with Gasteiger partial charge in [-0.15, -0.1) is 11.8 Å². The van der Waals surface area contributed by atoms with Crippen molar-refractivity contribution in [3.63, 3.8) is 0 Å². The second-order valence-corrected chi connectivity index (χ2v) is 5.61. The van der Waals surface area contributed by atoms with Crippen LogP contribution in [0.1, 0.15) is 19.3 Å². The number of fused-ring (bicyclic) bond motifs is 1. The maximum Gasteiger partial charge on any atom is 0.115 e. The average Bonchev–Trinajstić information content (AvgIpc) is 2.39. The van der Waals surface area contributed by atoms with Gasteiger partial charge in [-0.3, -0.25) is 0 Å². The van der Waals surface area contributed by atoms with Crippen molar-refractivity contribution in [2.75, 3.05) is 24.6 Å². The highest BCUT2D eigenvalue weighted by Gasteiger charge is 2.19. The monoisotopic (exact) mass is 247 g/mol. The van der Waals surface area contributed by atoms with Crippen LogP contribution in [-0.4, -0.2) is 29.6 Å². The molecular formula is C13H17N3S. The Balaban J connectivity index is 1.86. The number of amidine groups is 1. The van der Waals surface area contributed by atoms with Crippen LogP contribution < -0.4 is 5.73 Å². The van der Waals surface area contributed by atoms with Crippen molar-refractivity contribution in [3.8, 4) is 0 Å². The van der Waals surface area contributed by atoms with E-state index in [1.807, 2.05) is 30.0 Å². The van der Waals surface area contributed by atoms with Crippen LogP contribution in [0.25, 0.3) is 0 Å².